The van der Waals surface area contributed by atoms with Gasteiger partial charge in [0.2, 0.25) is 0 Å². The molecule has 6 heteroatoms. The molecule has 0 saturated heterocycles. The van der Waals surface area contributed by atoms with E-state index in [0.717, 1.165) is 23.6 Å². The zero-order valence-electron chi connectivity index (χ0n) is 10.5. The highest BCUT2D eigenvalue weighted by Crippen LogP contribution is 2.09. The number of aromatic nitrogens is 1. The van der Waals surface area contributed by atoms with Crippen LogP contribution in [0.5, 0.6) is 0 Å². The standard InChI is InChI=1S/C13H15N3O2S/c1-2-14-10-5-3-9(4-6-10)12(17)15-7-11-8-19-13(18)16-11/h3-6,8,14H,2,7H2,1H3,(H,15,17)(H,16,18). The van der Waals surface area contributed by atoms with Gasteiger partial charge in [-0.2, -0.15) is 0 Å². The molecule has 0 aliphatic rings. The number of anilines is 1. The molecular formula is C13H15N3O2S. The molecule has 0 saturated carbocycles. The quantitative estimate of drug-likeness (QED) is 0.780. The van der Waals surface area contributed by atoms with Crippen molar-refractivity contribution in [3.63, 3.8) is 0 Å². The van der Waals surface area contributed by atoms with Crippen LogP contribution in [0.4, 0.5) is 5.69 Å². The van der Waals surface area contributed by atoms with Gasteiger partial charge in [-0.1, -0.05) is 11.3 Å². The van der Waals surface area contributed by atoms with Gasteiger partial charge in [-0.15, -0.1) is 0 Å². The highest BCUT2D eigenvalue weighted by Gasteiger charge is 2.05. The highest BCUT2D eigenvalue weighted by molar-refractivity contribution is 7.07. The number of rotatable bonds is 5. The van der Waals surface area contributed by atoms with E-state index in [2.05, 4.69) is 15.6 Å². The minimum Gasteiger partial charge on any atom is -0.385 e. The van der Waals surface area contributed by atoms with Crippen LogP contribution in [0.25, 0.3) is 0 Å². The molecule has 2 aromatic rings. The normalized spacial score (nSPS) is 10.2. The second kappa shape index (κ2) is 6.19. The Morgan fingerprint density at radius 2 is 2.05 bits per heavy atom. The number of carbonyl (C=O) groups is 1. The summed E-state index contributed by atoms with van der Waals surface area (Å²) in [7, 11) is 0. The molecule has 0 aliphatic heterocycles. The molecule has 0 fully saturated rings. The summed E-state index contributed by atoms with van der Waals surface area (Å²) in [5.74, 6) is -0.157. The van der Waals surface area contributed by atoms with Gasteiger partial charge >= 0.3 is 4.87 Å². The first kappa shape index (κ1) is 13.4. The van der Waals surface area contributed by atoms with Crippen molar-refractivity contribution in [2.24, 2.45) is 0 Å². The number of aromatic amines is 1. The van der Waals surface area contributed by atoms with Crippen molar-refractivity contribution in [1.82, 2.24) is 10.3 Å². The molecule has 19 heavy (non-hydrogen) atoms. The minimum atomic E-state index is -0.157. The van der Waals surface area contributed by atoms with Gasteiger partial charge in [0.25, 0.3) is 5.91 Å². The van der Waals surface area contributed by atoms with Gasteiger partial charge in [0.15, 0.2) is 0 Å². The maximum atomic E-state index is 11.9. The van der Waals surface area contributed by atoms with Crippen LogP contribution >= 0.6 is 11.3 Å². The molecule has 0 spiro atoms. The molecule has 0 aliphatic carbocycles. The molecule has 3 N–H and O–H groups in total. The maximum absolute atomic E-state index is 11.9. The summed E-state index contributed by atoms with van der Waals surface area (Å²) < 4.78 is 0. The van der Waals surface area contributed by atoms with E-state index in [9.17, 15) is 9.59 Å². The van der Waals surface area contributed by atoms with E-state index in [1.165, 1.54) is 0 Å². The first-order valence-corrected chi connectivity index (χ1v) is 6.86. The van der Waals surface area contributed by atoms with Crippen LogP contribution < -0.4 is 15.5 Å². The van der Waals surface area contributed by atoms with E-state index in [1.807, 2.05) is 19.1 Å². The number of nitrogens with one attached hydrogen (secondary N) is 3. The lowest BCUT2D eigenvalue weighted by Crippen LogP contribution is -2.23. The number of hydrogen-bond acceptors (Lipinski definition) is 4. The van der Waals surface area contributed by atoms with Gasteiger partial charge in [-0.05, 0) is 31.2 Å². The molecule has 0 radical (unpaired) electrons. The fourth-order valence-corrected chi connectivity index (χ4v) is 2.20. The lowest BCUT2D eigenvalue weighted by Gasteiger charge is -2.06. The van der Waals surface area contributed by atoms with Crippen LogP contribution in [0.1, 0.15) is 23.0 Å². The smallest absolute Gasteiger partial charge is 0.304 e. The monoisotopic (exact) mass is 277 g/mol. The zero-order chi connectivity index (χ0) is 13.7. The molecule has 2 rings (SSSR count). The third-order valence-electron chi connectivity index (χ3n) is 2.54. The molecule has 1 aromatic carbocycles. The summed E-state index contributed by atoms with van der Waals surface area (Å²) >= 11 is 1.09. The summed E-state index contributed by atoms with van der Waals surface area (Å²) in [4.78, 5) is 25.4. The van der Waals surface area contributed by atoms with Crippen molar-refractivity contribution in [3.8, 4) is 0 Å². The summed E-state index contributed by atoms with van der Waals surface area (Å²) in [6.07, 6.45) is 0. The third-order valence-corrected chi connectivity index (χ3v) is 3.26. The first-order valence-electron chi connectivity index (χ1n) is 5.98. The molecule has 0 atom stereocenters. The molecule has 1 aromatic heterocycles. The molecular weight excluding hydrogens is 262 g/mol. The Kier molecular flexibility index (Phi) is 4.35. The molecule has 1 amide bonds. The number of amides is 1. The summed E-state index contributed by atoms with van der Waals surface area (Å²) in [5.41, 5.74) is 2.30. The maximum Gasteiger partial charge on any atom is 0.304 e. The number of carbonyl (C=O) groups excluding carboxylic acids is 1. The highest BCUT2D eigenvalue weighted by atomic mass is 32.1. The van der Waals surface area contributed by atoms with E-state index in [0.29, 0.717) is 17.8 Å². The Morgan fingerprint density at radius 1 is 1.32 bits per heavy atom. The van der Waals surface area contributed by atoms with E-state index in [1.54, 1.807) is 17.5 Å². The Labute approximate surface area is 114 Å². The van der Waals surface area contributed by atoms with Crippen molar-refractivity contribution >= 4 is 22.9 Å². The van der Waals surface area contributed by atoms with Gasteiger partial charge in [0, 0.05) is 28.9 Å². The minimum absolute atomic E-state index is 0.112. The average Bonchev–Trinajstić information content (AvgIpc) is 2.83. The van der Waals surface area contributed by atoms with Gasteiger partial charge < -0.3 is 15.6 Å². The number of H-pyrrole nitrogens is 1. The number of benzene rings is 1. The summed E-state index contributed by atoms with van der Waals surface area (Å²) in [6.45, 7) is 3.19. The molecule has 5 nitrogen and oxygen atoms in total. The Hall–Kier alpha value is -2.08. The zero-order valence-corrected chi connectivity index (χ0v) is 11.3. The lowest BCUT2D eigenvalue weighted by atomic mass is 10.2. The number of hydrogen-bond donors (Lipinski definition) is 3. The van der Waals surface area contributed by atoms with Crippen LogP contribution in [0.2, 0.25) is 0 Å². The van der Waals surface area contributed by atoms with Gasteiger partial charge in [-0.25, -0.2) is 0 Å². The fourth-order valence-electron chi connectivity index (χ4n) is 1.62. The summed E-state index contributed by atoms with van der Waals surface area (Å²) in [6, 6.07) is 7.27. The average molecular weight is 277 g/mol. The molecule has 100 valence electrons. The van der Waals surface area contributed by atoms with Gasteiger partial charge in [0.1, 0.15) is 0 Å². The second-order valence-corrected chi connectivity index (χ2v) is 4.81. The van der Waals surface area contributed by atoms with E-state index >= 15 is 0 Å². The lowest BCUT2D eigenvalue weighted by molar-refractivity contribution is 0.0950. The SMILES string of the molecule is CCNc1ccc(C(=O)NCc2csc(=O)[nH]2)cc1. The predicted octanol–water partition coefficient (Wildman–Crippen LogP) is 1.80. The van der Waals surface area contributed by atoms with Crippen LogP contribution in [-0.2, 0) is 6.54 Å². The Morgan fingerprint density at radius 3 is 2.63 bits per heavy atom. The van der Waals surface area contributed by atoms with Gasteiger partial charge in [-0.3, -0.25) is 9.59 Å². The molecule has 1 heterocycles. The third kappa shape index (κ3) is 3.69. The Balaban J connectivity index is 1.94. The first-order chi connectivity index (χ1) is 9.19. The van der Waals surface area contributed by atoms with Crippen molar-refractivity contribution < 1.29 is 4.79 Å². The second-order valence-electron chi connectivity index (χ2n) is 3.96. The van der Waals surface area contributed by atoms with Crippen molar-refractivity contribution in [2.75, 3.05) is 11.9 Å². The summed E-state index contributed by atoms with van der Waals surface area (Å²) in [5, 5.41) is 7.63. The van der Waals surface area contributed by atoms with Gasteiger partial charge in [0.05, 0.1) is 6.54 Å². The van der Waals surface area contributed by atoms with E-state index < -0.39 is 0 Å². The van der Waals surface area contributed by atoms with Crippen LogP contribution in [0, 0.1) is 0 Å². The van der Waals surface area contributed by atoms with Crippen molar-refractivity contribution in [1.29, 1.82) is 0 Å². The Bertz CT molecular complexity index is 601. The van der Waals surface area contributed by atoms with E-state index in [4.69, 9.17) is 0 Å². The largest absolute Gasteiger partial charge is 0.385 e. The van der Waals surface area contributed by atoms with Crippen LogP contribution in [0.3, 0.4) is 0 Å². The molecule has 0 unspecified atom stereocenters. The van der Waals surface area contributed by atoms with E-state index in [-0.39, 0.29) is 10.8 Å². The van der Waals surface area contributed by atoms with Crippen LogP contribution in [-0.4, -0.2) is 17.4 Å². The fraction of sp³-hybridized carbons (Fsp3) is 0.231. The molecule has 0 bridgehead atoms. The van der Waals surface area contributed by atoms with Crippen molar-refractivity contribution in [3.05, 3.63) is 50.6 Å². The predicted molar refractivity (Wildman–Crippen MR) is 76.7 cm³/mol. The topological polar surface area (TPSA) is 74.0 Å². The van der Waals surface area contributed by atoms with Crippen LogP contribution in [0.15, 0.2) is 34.4 Å². The van der Waals surface area contributed by atoms with Crippen molar-refractivity contribution in [2.45, 2.75) is 13.5 Å². The number of thiazole rings is 1.